The minimum atomic E-state index is -4.37. The average molecular weight is 326 g/mol. The molecule has 2 rings (SSSR count). The van der Waals surface area contributed by atoms with Gasteiger partial charge in [-0.2, -0.15) is 8.42 Å². The van der Waals surface area contributed by atoms with Crippen LogP contribution in [0.1, 0.15) is 0 Å². The Morgan fingerprint density at radius 2 is 1.95 bits per heavy atom. The van der Waals surface area contributed by atoms with Crippen LogP contribution in [0.15, 0.2) is 23.5 Å². The average Bonchev–Trinajstić information content (AvgIpc) is 2.66. The van der Waals surface area contributed by atoms with E-state index in [2.05, 4.69) is 4.98 Å². The van der Waals surface area contributed by atoms with E-state index in [1.165, 1.54) is 11.6 Å². The molecule has 1 heterocycles. The molecule has 0 fully saturated rings. The Labute approximate surface area is 117 Å². The molecule has 0 atom stereocenters. The van der Waals surface area contributed by atoms with Gasteiger partial charge in [0.15, 0.2) is 11.6 Å². The Morgan fingerprint density at radius 3 is 2.50 bits per heavy atom. The molecule has 2 aromatic rings. The zero-order valence-electron chi connectivity index (χ0n) is 9.86. The smallest absolute Gasteiger partial charge is 0.282 e. The Bertz CT molecular complexity index is 776. The van der Waals surface area contributed by atoms with Crippen molar-refractivity contribution >= 4 is 27.3 Å². The third kappa shape index (κ3) is 2.59. The van der Waals surface area contributed by atoms with Gasteiger partial charge in [-0.25, -0.2) is 18.2 Å². The van der Waals surface area contributed by atoms with Crippen LogP contribution in [0.25, 0.3) is 0 Å². The quantitative estimate of drug-likeness (QED) is 0.881. The molecule has 1 aromatic carbocycles. The lowest BCUT2D eigenvalue weighted by molar-refractivity contribution is 0.498. The number of hydrogen-bond acceptors (Lipinski definition) is 3. The van der Waals surface area contributed by atoms with Crippen molar-refractivity contribution in [3.8, 4) is 0 Å². The number of benzene rings is 1. The molecule has 0 saturated carbocycles. The van der Waals surface area contributed by atoms with Crippen LogP contribution in [0.3, 0.4) is 0 Å². The lowest BCUT2D eigenvalue weighted by atomic mass is 10.3. The summed E-state index contributed by atoms with van der Waals surface area (Å²) in [5.74, 6) is -4.18. The van der Waals surface area contributed by atoms with Gasteiger partial charge in [0.25, 0.3) is 10.0 Å². The number of nitrogens with zero attached hydrogens (tertiary/aromatic N) is 2. The highest BCUT2D eigenvalue weighted by Gasteiger charge is 2.24. The zero-order valence-corrected chi connectivity index (χ0v) is 11.4. The number of rotatable bonds is 3. The van der Waals surface area contributed by atoms with Gasteiger partial charge >= 0.3 is 0 Å². The van der Waals surface area contributed by atoms with E-state index in [4.69, 9.17) is 11.6 Å². The van der Waals surface area contributed by atoms with Crippen LogP contribution in [0.2, 0.25) is 5.15 Å². The monoisotopic (exact) mass is 325 g/mol. The first-order valence-corrected chi connectivity index (χ1v) is 6.92. The molecule has 0 amide bonds. The number of aryl methyl sites for hydroxylation is 1. The van der Waals surface area contributed by atoms with E-state index in [0.29, 0.717) is 12.1 Å². The fourth-order valence-electron chi connectivity index (χ4n) is 1.40. The maximum atomic E-state index is 13.4. The largest absolute Gasteiger partial charge is 0.324 e. The molecule has 1 aromatic heterocycles. The number of nitrogens with one attached hydrogen (secondary N) is 1. The minimum absolute atomic E-state index is 0.227. The molecule has 0 unspecified atom stereocenters. The fourth-order valence-corrected chi connectivity index (χ4v) is 2.88. The van der Waals surface area contributed by atoms with E-state index >= 15 is 0 Å². The van der Waals surface area contributed by atoms with Crippen LogP contribution < -0.4 is 4.72 Å². The number of anilines is 1. The summed E-state index contributed by atoms with van der Waals surface area (Å²) in [5.41, 5.74) is -0.871. The predicted octanol–water partition coefficient (Wildman–Crippen LogP) is 2.29. The summed E-state index contributed by atoms with van der Waals surface area (Å²) in [5, 5.41) is -0.805. The van der Waals surface area contributed by atoms with Crippen LogP contribution in [0.5, 0.6) is 0 Å². The van der Waals surface area contributed by atoms with Gasteiger partial charge in [-0.15, -0.1) is 0 Å². The van der Waals surface area contributed by atoms with Crippen molar-refractivity contribution < 1.29 is 21.6 Å². The maximum absolute atomic E-state index is 13.4. The Morgan fingerprint density at radius 1 is 1.30 bits per heavy atom. The van der Waals surface area contributed by atoms with Gasteiger partial charge in [0, 0.05) is 19.2 Å². The van der Waals surface area contributed by atoms with Crippen molar-refractivity contribution in [1.82, 2.24) is 9.55 Å². The molecule has 0 spiro atoms. The lowest BCUT2D eigenvalue weighted by Gasteiger charge is -2.08. The molecular weight excluding hydrogens is 319 g/mol. The number of sulfonamides is 1. The second kappa shape index (κ2) is 4.98. The van der Waals surface area contributed by atoms with Crippen LogP contribution in [0, 0.1) is 17.5 Å². The lowest BCUT2D eigenvalue weighted by Crippen LogP contribution is -2.15. The van der Waals surface area contributed by atoms with Gasteiger partial charge in [0.1, 0.15) is 11.0 Å². The molecule has 0 aliphatic carbocycles. The van der Waals surface area contributed by atoms with Crippen LogP contribution in [0.4, 0.5) is 18.9 Å². The van der Waals surface area contributed by atoms with E-state index in [9.17, 15) is 21.6 Å². The van der Waals surface area contributed by atoms with E-state index in [1.807, 2.05) is 0 Å². The van der Waals surface area contributed by atoms with Gasteiger partial charge < -0.3 is 4.57 Å². The third-order valence-corrected chi connectivity index (χ3v) is 4.18. The summed E-state index contributed by atoms with van der Waals surface area (Å²) in [6.45, 7) is 0. The van der Waals surface area contributed by atoms with Gasteiger partial charge in [0.05, 0.1) is 12.0 Å². The Balaban J connectivity index is 2.46. The molecule has 20 heavy (non-hydrogen) atoms. The first-order valence-electron chi connectivity index (χ1n) is 5.06. The van der Waals surface area contributed by atoms with Gasteiger partial charge in [0.2, 0.25) is 5.03 Å². The van der Waals surface area contributed by atoms with Crippen LogP contribution >= 0.6 is 11.6 Å². The van der Waals surface area contributed by atoms with Crippen molar-refractivity contribution in [3.05, 3.63) is 41.1 Å². The highest BCUT2D eigenvalue weighted by Crippen LogP contribution is 2.25. The molecular formula is C10H7ClF3N3O2S. The molecule has 1 N–H and O–H groups in total. The fraction of sp³-hybridized carbons (Fsp3) is 0.100. The Hall–Kier alpha value is -1.74. The summed E-state index contributed by atoms with van der Waals surface area (Å²) in [4.78, 5) is 3.53. The van der Waals surface area contributed by atoms with Gasteiger partial charge in [-0.3, -0.25) is 4.72 Å². The molecule has 0 aliphatic heterocycles. The van der Waals surface area contributed by atoms with Crippen molar-refractivity contribution in [2.24, 2.45) is 7.05 Å². The number of imidazole rings is 1. The third-order valence-electron chi connectivity index (χ3n) is 2.33. The second-order valence-corrected chi connectivity index (χ2v) is 5.76. The standard InChI is InChI=1S/C10H7ClF3N3O2S/c1-17-4-15-10(9(17)11)20(18,19)16-7-3-5(12)2-6(13)8(7)14/h2-4,16H,1H3. The molecule has 5 nitrogen and oxygen atoms in total. The van der Waals surface area contributed by atoms with Gasteiger partial charge in [-0.1, -0.05) is 11.6 Å². The molecule has 0 radical (unpaired) electrons. The highest BCUT2D eigenvalue weighted by atomic mass is 35.5. The predicted molar refractivity (Wildman–Crippen MR) is 65.3 cm³/mol. The van der Waals surface area contributed by atoms with Crippen LogP contribution in [-0.2, 0) is 17.1 Å². The maximum Gasteiger partial charge on any atom is 0.282 e. The van der Waals surface area contributed by atoms with Crippen molar-refractivity contribution in [2.75, 3.05) is 4.72 Å². The van der Waals surface area contributed by atoms with E-state index in [0.717, 1.165) is 6.33 Å². The topological polar surface area (TPSA) is 64.0 Å². The number of hydrogen-bond donors (Lipinski definition) is 1. The molecule has 10 heteroatoms. The van der Waals surface area contributed by atoms with Crippen molar-refractivity contribution in [2.45, 2.75) is 5.03 Å². The number of halogens is 4. The summed E-state index contributed by atoms with van der Waals surface area (Å²) >= 11 is 5.70. The number of aromatic nitrogens is 2. The van der Waals surface area contributed by atoms with Crippen molar-refractivity contribution in [3.63, 3.8) is 0 Å². The second-order valence-electron chi connectivity index (χ2n) is 3.81. The molecule has 0 saturated heterocycles. The van der Waals surface area contributed by atoms with Gasteiger partial charge in [-0.05, 0) is 0 Å². The highest BCUT2D eigenvalue weighted by molar-refractivity contribution is 7.92. The molecule has 108 valence electrons. The molecule has 0 bridgehead atoms. The summed E-state index contributed by atoms with van der Waals surface area (Å²) in [7, 11) is -2.93. The summed E-state index contributed by atoms with van der Waals surface area (Å²) in [6.07, 6.45) is 1.12. The van der Waals surface area contributed by atoms with Crippen molar-refractivity contribution in [1.29, 1.82) is 0 Å². The normalized spacial score (nSPS) is 11.7. The van der Waals surface area contributed by atoms with E-state index in [-0.39, 0.29) is 5.15 Å². The summed E-state index contributed by atoms with van der Waals surface area (Å²) < 4.78 is 66.2. The molecule has 0 aliphatic rings. The van der Waals surface area contributed by atoms with E-state index < -0.39 is 38.2 Å². The Kier molecular flexibility index (Phi) is 3.65. The van der Waals surface area contributed by atoms with E-state index in [1.54, 1.807) is 4.72 Å². The van der Waals surface area contributed by atoms with Crippen LogP contribution in [-0.4, -0.2) is 18.0 Å². The first-order chi connectivity index (χ1) is 9.22. The zero-order chi connectivity index (χ0) is 15.1. The summed E-state index contributed by atoms with van der Waals surface area (Å²) in [6, 6.07) is 0.799. The first kappa shape index (κ1) is 14.7. The minimum Gasteiger partial charge on any atom is -0.324 e. The SMILES string of the molecule is Cn1cnc(S(=O)(=O)Nc2cc(F)cc(F)c2F)c1Cl.